The van der Waals surface area contributed by atoms with Crippen LogP contribution in [-0.4, -0.2) is 17.2 Å². The normalized spacial score (nSPS) is 17.3. The second kappa shape index (κ2) is 6.26. The summed E-state index contributed by atoms with van der Waals surface area (Å²) in [5.41, 5.74) is 0. The van der Waals surface area contributed by atoms with Crippen LogP contribution < -0.4 is 5.32 Å². The molecule has 0 aliphatic heterocycles. The van der Waals surface area contributed by atoms with Gasteiger partial charge in [0.1, 0.15) is 6.10 Å². The van der Waals surface area contributed by atoms with Crippen molar-refractivity contribution in [2.75, 3.05) is 0 Å². The summed E-state index contributed by atoms with van der Waals surface area (Å²) in [4.78, 5) is 1.05. The number of rotatable bonds is 6. The second-order valence-electron chi connectivity index (χ2n) is 3.95. The zero-order valence-electron chi connectivity index (χ0n) is 9.73. The Morgan fingerprint density at radius 1 is 1.40 bits per heavy atom. The van der Waals surface area contributed by atoms with Crippen molar-refractivity contribution in [2.45, 2.75) is 51.8 Å². The summed E-state index contributed by atoms with van der Waals surface area (Å²) in [5.74, 6) is 0. The van der Waals surface area contributed by atoms with Gasteiger partial charge in [-0.1, -0.05) is 19.9 Å². The van der Waals surface area contributed by atoms with Gasteiger partial charge in [0.05, 0.1) is 0 Å². The van der Waals surface area contributed by atoms with Crippen molar-refractivity contribution in [3.8, 4) is 0 Å². The summed E-state index contributed by atoms with van der Waals surface area (Å²) < 4.78 is 0. The van der Waals surface area contributed by atoms with Gasteiger partial charge >= 0.3 is 0 Å². The highest BCUT2D eigenvalue weighted by molar-refractivity contribution is 7.10. The van der Waals surface area contributed by atoms with Crippen LogP contribution in [-0.2, 0) is 0 Å². The van der Waals surface area contributed by atoms with Crippen LogP contribution in [0.1, 0.15) is 44.6 Å². The van der Waals surface area contributed by atoms with Crippen LogP contribution in [0.25, 0.3) is 0 Å². The van der Waals surface area contributed by atoms with Gasteiger partial charge in [0, 0.05) is 17.0 Å². The van der Waals surface area contributed by atoms with E-state index in [9.17, 15) is 5.11 Å². The Bertz CT molecular complexity index is 261. The summed E-state index contributed by atoms with van der Waals surface area (Å²) in [6.07, 6.45) is 1.67. The maximum Gasteiger partial charge on any atom is 0.103 e. The number of thiophene rings is 1. The van der Waals surface area contributed by atoms with E-state index in [0.29, 0.717) is 6.04 Å². The lowest BCUT2D eigenvalue weighted by Crippen LogP contribution is -2.39. The molecule has 3 heteroatoms. The molecule has 0 aliphatic carbocycles. The molecule has 2 N–H and O–H groups in total. The Balaban J connectivity index is 2.58. The average Bonchev–Trinajstić information content (AvgIpc) is 2.77. The molecule has 0 fully saturated rings. The molecule has 2 nitrogen and oxygen atoms in total. The van der Waals surface area contributed by atoms with Gasteiger partial charge in [-0.2, -0.15) is 0 Å². The fourth-order valence-corrected chi connectivity index (χ4v) is 2.35. The number of aliphatic hydroxyl groups is 1. The first-order valence-corrected chi connectivity index (χ1v) is 6.54. The molecule has 0 radical (unpaired) electrons. The van der Waals surface area contributed by atoms with Crippen molar-refractivity contribution in [2.24, 2.45) is 0 Å². The van der Waals surface area contributed by atoms with Crippen LogP contribution in [0.4, 0.5) is 0 Å². The fraction of sp³-hybridized carbons (Fsp3) is 0.667. The Morgan fingerprint density at radius 2 is 2.13 bits per heavy atom. The van der Waals surface area contributed by atoms with Crippen molar-refractivity contribution in [1.82, 2.24) is 5.32 Å². The Hall–Kier alpha value is -0.380. The third kappa shape index (κ3) is 3.59. The lowest BCUT2D eigenvalue weighted by Gasteiger charge is -2.25. The molecule has 0 saturated heterocycles. The van der Waals surface area contributed by atoms with Crippen molar-refractivity contribution in [3.05, 3.63) is 22.4 Å². The van der Waals surface area contributed by atoms with Crippen LogP contribution in [0.2, 0.25) is 0 Å². The predicted molar refractivity (Wildman–Crippen MR) is 66.2 cm³/mol. The summed E-state index contributed by atoms with van der Waals surface area (Å²) in [5, 5.41) is 15.6. The maximum absolute atomic E-state index is 10.2. The highest BCUT2D eigenvalue weighted by Gasteiger charge is 2.20. The van der Waals surface area contributed by atoms with Gasteiger partial charge in [-0.3, -0.25) is 0 Å². The first-order valence-electron chi connectivity index (χ1n) is 5.66. The standard InChI is InChI=1S/C12H21NOS/c1-4-9(3)13-10(5-2)12(14)11-7-6-8-15-11/h6-10,12-14H,4-5H2,1-3H3. The molecule has 1 heterocycles. The molecule has 0 aliphatic rings. The highest BCUT2D eigenvalue weighted by Crippen LogP contribution is 2.23. The minimum atomic E-state index is -0.371. The predicted octanol–water partition coefficient (Wildman–Crippen LogP) is 2.95. The Kier molecular flexibility index (Phi) is 5.29. The van der Waals surface area contributed by atoms with Gasteiger partial charge in [0.25, 0.3) is 0 Å². The molecule has 3 unspecified atom stereocenters. The molecule has 0 aromatic carbocycles. The van der Waals surface area contributed by atoms with E-state index in [-0.39, 0.29) is 12.1 Å². The van der Waals surface area contributed by atoms with E-state index in [1.807, 2.05) is 17.5 Å². The zero-order chi connectivity index (χ0) is 11.3. The quantitative estimate of drug-likeness (QED) is 0.783. The maximum atomic E-state index is 10.2. The first kappa shape index (κ1) is 12.7. The van der Waals surface area contributed by atoms with Crippen LogP contribution in [0.15, 0.2) is 17.5 Å². The van der Waals surface area contributed by atoms with Crippen molar-refractivity contribution in [3.63, 3.8) is 0 Å². The van der Waals surface area contributed by atoms with Gasteiger partial charge in [0.15, 0.2) is 0 Å². The van der Waals surface area contributed by atoms with E-state index < -0.39 is 0 Å². The van der Waals surface area contributed by atoms with Gasteiger partial charge in [-0.05, 0) is 31.2 Å². The lowest BCUT2D eigenvalue weighted by atomic mass is 10.1. The van der Waals surface area contributed by atoms with Crippen LogP contribution >= 0.6 is 11.3 Å². The highest BCUT2D eigenvalue weighted by atomic mass is 32.1. The van der Waals surface area contributed by atoms with Crippen LogP contribution in [0.3, 0.4) is 0 Å². The molecular weight excluding hydrogens is 206 g/mol. The number of hydrogen-bond donors (Lipinski definition) is 2. The minimum Gasteiger partial charge on any atom is -0.386 e. The molecule has 0 bridgehead atoms. The molecule has 1 aromatic heterocycles. The zero-order valence-corrected chi connectivity index (χ0v) is 10.6. The van der Waals surface area contributed by atoms with Crippen LogP contribution in [0, 0.1) is 0 Å². The molecule has 0 spiro atoms. The monoisotopic (exact) mass is 227 g/mol. The molecule has 86 valence electrons. The van der Waals surface area contributed by atoms with Gasteiger partial charge < -0.3 is 10.4 Å². The first-order chi connectivity index (χ1) is 7.19. The van der Waals surface area contributed by atoms with Crippen molar-refractivity contribution in [1.29, 1.82) is 0 Å². The van der Waals surface area contributed by atoms with E-state index in [2.05, 4.69) is 26.1 Å². The minimum absolute atomic E-state index is 0.165. The lowest BCUT2D eigenvalue weighted by molar-refractivity contribution is 0.123. The van der Waals surface area contributed by atoms with Crippen LogP contribution in [0.5, 0.6) is 0 Å². The molecule has 3 atom stereocenters. The topological polar surface area (TPSA) is 32.3 Å². The Labute approximate surface area is 96.3 Å². The molecule has 15 heavy (non-hydrogen) atoms. The van der Waals surface area contributed by atoms with E-state index in [4.69, 9.17) is 0 Å². The second-order valence-corrected chi connectivity index (χ2v) is 4.93. The third-order valence-corrected chi connectivity index (χ3v) is 3.71. The Morgan fingerprint density at radius 3 is 2.60 bits per heavy atom. The third-order valence-electron chi connectivity index (χ3n) is 2.77. The molecular formula is C12H21NOS. The summed E-state index contributed by atoms with van der Waals surface area (Å²) >= 11 is 1.62. The molecule has 1 aromatic rings. The summed E-state index contributed by atoms with van der Waals surface area (Å²) in [6, 6.07) is 4.61. The molecule has 0 saturated carbocycles. The SMILES string of the molecule is CCC(C)NC(CC)C(O)c1cccs1. The number of hydrogen-bond acceptors (Lipinski definition) is 3. The van der Waals surface area contributed by atoms with Crippen molar-refractivity contribution >= 4 is 11.3 Å². The van der Waals surface area contributed by atoms with Gasteiger partial charge in [-0.25, -0.2) is 0 Å². The van der Waals surface area contributed by atoms with Crippen molar-refractivity contribution < 1.29 is 5.11 Å². The summed E-state index contributed by atoms with van der Waals surface area (Å²) in [6.45, 7) is 6.42. The smallest absolute Gasteiger partial charge is 0.103 e. The van der Waals surface area contributed by atoms with E-state index in [1.54, 1.807) is 11.3 Å². The average molecular weight is 227 g/mol. The van der Waals surface area contributed by atoms with E-state index >= 15 is 0 Å². The number of aliphatic hydroxyl groups excluding tert-OH is 1. The van der Waals surface area contributed by atoms with Gasteiger partial charge in [0.2, 0.25) is 0 Å². The van der Waals surface area contributed by atoms with E-state index in [0.717, 1.165) is 17.7 Å². The fourth-order valence-electron chi connectivity index (χ4n) is 1.57. The largest absolute Gasteiger partial charge is 0.386 e. The number of nitrogens with one attached hydrogen (secondary N) is 1. The van der Waals surface area contributed by atoms with E-state index in [1.165, 1.54) is 0 Å². The van der Waals surface area contributed by atoms with Gasteiger partial charge in [-0.15, -0.1) is 11.3 Å². The summed E-state index contributed by atoms with van der Waals surface area (Å²) in [7, 11) is 0. The molecule has 1 rings (SSSR count). The molecule has 0 amide bonds.